The van der Waals surface area contributed by atoms with Crippen molar-refractivity contribution in [1.82, 2.24) is 9.78 Å². The van der Waals surface area contributed by atoms with Gasteiger partial charge >= 0.3 is 5.97 Å². The minimum atomic E-state index is -0.344. The molecule has 0 unspecified atom stereocenters. The predicted molar refractivity (Wildman–Crippen MR) is 52.5 cm³/mol. The van der Waals surface area contributed by atoms with E-state index in [4.69, 9.17) is 9.84 Å². The Balaban J connectivity index is 2.01. The van der Waals surface area contributed by atoms with Gasteiger partial charge in [0.05, 0.1) is 30.5 Å². The number of carbonyl (C=O) groups excluding carboxylic acids is 1. The van der Waals surface area contributed by atoms with Crippen LogP contribution in [0.1, 0.15) is 36.2 Å². The second kappa shape index (κ2) is 4.02. The van der Waals surface area contributed by atoms with E-state index < -0.39 is 0 Å². The van der Waals surface area contributed by atoms with E-state index in [-0.39, 0.29) is 18.1 Å². The van der Waals surface area contributed by atoms with Crippen molar-refractivity contribution in [1.29, 1.82) is 0 Å². The zero-order valence-electron chi connectivity index (χ0n) is 8.59. The summed E-state index contributed by atoms with van der Waals surface area (Å²) in [5.74, 6) is -0.344. The smallest absolute Gasteiger partial charge is 0.341 e. The zero-order valence-corrected chi connectivity index (χ0v) is 8.59. The lowest BCUT2D eigenvalue weighted by molar-refractivity contribution is 0.0432. The molecule has 1 fully saturated rings. The average molecular weight is 210 g/mol. The van der Waals surface area contributed by atoms with Gasteiger partial charge in [0.25, 0.3) is 0 Å². The van der Waals surface area contributed by atoms with E-state index >= 15 is 0 Å². The van der Waals surface area contributed by atoms with Crippen LogP contribution in [-0.2, 0) is 4.74 Å². The van der Waals surface area contributed by atoms with E-state index in [9.17, 15) is 4.79 Å². The summed E-state index contributed by atoms with van der Waals surface area (Å²) in [5, 5.41) is 13.2. The van der Waals surface area contributed by atoms with Crippen LogP contribution in [0, 0.1) is 0 Å². The SMILES string of the molecule is CCOC(=O)c1cnn([C@H]2C[C@@H](O)C2)c1. The topological polar surface area (TPSA) is 64.3 Å². The lowest BCUT2D eigenvalue weighted by Crippen LogP contribution is -2.31. The number of hydrogen-bond acceptors (Lipinski definition) is 4. The Kier molecular flexibility index (Phi) is 2.73. The molecule has 1 aromatic rings. The van der Waals surface area contributed by atoms with Crippen molar-refractivity contribution in [3.63, 3.8) is 0 Å². The third-order valence-electron chi connectivity index (χ3n) is 2.58. The van der Waals surface area contributed by atoms with E-state index in [0.717, 1.165) is 0 Å². The van der Waals surface area contributed by atoms with Gasteiger partial charge in [0, 0.05) is 6.20 Å². The van der Waals surface area contributed by atoms with Gasteiger partial charge in [-0.2, -0.15) is 5.10 Å². The standard InChI is InChI=1S/C10H14N2O3/c1-2-15-10(14)7-5-11-12(6-7)8-3-9(13)4-8/h5-6,8-9,13H,2-4H2,1H3/t8-,9+. The molecule has 0 amide bonds. The zero-order chi connectivity index (χ0) is 10.8. The first-order chi connectivity index (χ1) is 7.20. The van der Waals surface area contributed by atoms with Gasteiger partial charge < -0.3 is 9.84 Å². The Labute approximate surface area is 87.7 Å². The molecule has 1 aromatic heterocycles. The maximum absolute atomic E-state index is 11.3. The number of hydrogen-bond donors (Lipinski definition) is 1. The normalized spacial score (nSPS) is 24.7. The summed E-state index contributed by atoms with van der Waals surface area (Å²) in [6.45, 7) is 2.14. The molecule has 2 rings (SSSR count). The van der Waals surface area contributed by atoms with Gasteiger partial charge in [0.15, 0.2) is 0 Å². The Morgan fingerprint density at radius 1 is 1.73 bits per heavy atom. The van der Waals surface area contributed by atoms with Crippen LogP contribution in [0.15, 0.2) is 12.4 Å². The number of aliphatic hydroxyl groups is 1. The van der Waals surface area contributed by atoms with Gasteiger partial charge in [-0.25, -0.2) is 4.79 Å². The average Bonchev–Trinajstić information content (AvgIpc) is 2.62. The quantitative estimate of drug-likeness (QED) is 0.748. The Morgan fingerprint density at radius 3 is 3.07 bits per heavy atom. The lowest BCUT2D eigenvalue weighted by atomic mass is 9.90. The molecule has 0 radical (unpaired) electrons. The summed E-state index contributed by atoms with van der Waals surface area (Å²) in [7, 11) is 0. The molecule has 0 aromatic carbocycles. The maximum Gasteiger partial charge on any atom is 0.341 e. The molecule has 0 atom stereocenters. The van der Waals surface area contributed by atoms with Crippen LogP contribution < -0.4 is 0 Å². The van der Waals surface area contributed by atoms with E-state index in [1.807, 2.05) is 0 Å². The second-order valence-corrected chi connectivity index (χ2v) is 3.71. The number of ether oxygens (including phenoxy) is 1. The van der Waals surface area contributed by atoms with E-state index in [1.54, 1.807) is 17.8 Å². The van der Waals surface area contributed by atoms with E-state index in [1.165, 1.54) is 6.20 Å². The number of aliphatic hydroxyl groups excluding tert-OH is 1. The van der Waals surface area contributed by atoms with Crippen LogP contribution in [0.3, 0.4) is 0 Å². The van der Waals surface area contributed by atoms with Crippen LogP contribution in [0.25, 0.3) is 0 Å². The summed E-state index contributed by atoms with van der Waals surface area (Å²) in [4.78, 5) is 11.3. The van der Waals surface area contributed by atoms with Crippen molar-refractivity contribution in [2.75, 3.05) is 6.61 Å². The number of carbonyl (C=O) groups is 1. The minimum Gasteiger partial charge on any atom is -0.462 e. The Hall–Kier alpha value is -1.36. The fourth-order valence-corrected chi connectivity index (χ4v) is 1.63. The van der Waals surface area contributed by atoms with Crippen LogP contribution in [0.5, 0.6) is 0 Å². The van der Waals surface area contributed by atoms with Gasteiger partial charge in [-0.1, -0.05) is 0 Å². The number of esters is 1. The highest BCUT2D eigenvalue weighted by atomic mass is 16.5. The largest absolute Gasteiger partial charge is 0.462 e. The van der Waals surface area contributed by atoms with Crippen molar-refractivity contribution < 1.29 is 14.6 Å². The summed E-state index contributed by atoms with van der Waals surface area (Å²) < 4.78 is 6.57. The molecule has 15 heavy (non-hydrogen) atoms. The van der Waals surface area contributed by atoms with E-state index in [0.29, 0.717) is 25.0 Å². The van der Waals surface area contributed by atoms with E-state index in [2.05, 4.69) is 5.10 Å². The second-order valence-electron chi connectivity index (χ2n) is 3.71. The first kappa shape index (κ1) is 10.2. The molecular formula is C10H14N2O3. The monoisotopic (exact) mass is 210 g/mol. The van der Waals surface area contributed by atoms with Crippen LogP contribution >= 0.6 is 0 Å². The highest BCUT2D eigenvalue weighted by Crippen LogP contribution is 2.31. The van der Waals surface area contributed by atoms with Crippen molar-refractivity contribution in [3.05, 3.63) is 18.0 Å². The van der Waals surface area contributed by atoms with Crippen LogP contribution in [-0.4, -0.2) is 33.6 Å². The van der Waals surface area contributed by atoms with Gasteiger partial charge in [0.2, 0.25) is 0 Å². The molecule has 0 aliphatic heterocycles. The van der Waals surface area contributed by atoms with Crippen molar-refractivity contribution >= 4 is 5.97 Å². The predicted octanol–water partition coefficient (Wildman–Crippen LogP) is 0.756. The number of rotatable bonds is 3. The van der Waals surface area contributed by atoms with Crippen molar-refractivity contribution in [2.24, 2.45) is 0 Å². The molecule has 0 spiro atoms. The molecule has 1 saturated carbocycles. The van der Waals surface area contributed by atoms with Crippen molar-refractivity contribution in [3.8, 4) is 0 Å². The molecule has 5 heteroatoms. The van der Waals surface area contributed by atoms with Gasteiger partial charge in [-0.15, -0.1) is 0 Å². The fourth-order valence-electron chi connectivity index (χ4n) is 1.63. The first-order valence-corrected chi connectivity index (χ1v) is 5.10. The number of aromatic nitrogens is 2. The van der Waals surface area contributed by atoms with Crippen LogP contribution in [0.2, 0.25) is 0 Å². The molecule has 1 heterocycles. The summed E-state index contributed by atoms with van der Waals surface area (Å²) in [6, 6.07) is 0.225. The minimum absolute atomic E-state index is 0.217. The molecule has 1 N–H and O–H groups in total. The molecule has 1 aliphatic rings. The fraction of sp³-hybridized carbons (Fsp3) is 0.600. The van der Waals surface area contributed by atoms with Gasteiger partial charge in [-0.05, 0) is 19.8 Å². The number of nitrogens with zero attached hydrogens (tertiary/aromatic N) is 2. The van der Waals surface area contributed by atoms with Crippen molar-refractivity contribution in [2.45, 2.75) is 31.9 Å². The highest BCUT2D eigenvalue weighted by molar-refractivity contribution is 5.88. The molecule has 0 bridgehead atoms. The summed E-state index contributed by atoms with van der Waals surface area (Å²) >= 11 is 0. The summed E-state index contributed by atoms with van der Waals surface area (Å²) in [5.41, 5.74) is 0.471. The Morgan fingerprint density at radius 2 is 2.47 bits per heavy atom. The molecule has 82 valence electrons. The molecule has 0 saturated heterocycles. The third-order valence-corrected chi connectivity index (χ3v) is 2.58. The first-order valence-electron chi connectivity index (χ1n) is 5.10. The molecule has 5 nitrogen and oxygen atoms in total. The molecular weight excluding hydrogens is 196 g/mol. The lowest BCUT2D eigenvalue weighted by Gasteiger charge is -2.31. The molecule has 1 aliphatic carbocycles. The maximum atomic E-state index is 11.3. The Bertz CT molecular complexity index is 355. The van der Waals surface area contributed by atoms with Crippen LogP contribution in [0.4, 0.5) is 0 Å². The highest BCUT2D eigenvalue weighted by Gasteiger charge is 2.29. The van der Waals surface area contributed by atoms with Gasteiger partial charge in [-0.3, -0.25) is 4.68 Å². The van der Waals surface area contributed by atoms with Gasteiger partial charge in [0.1, 0.15) is 0 Å². The summed E-state index contributed by atoms with van der Waals surface area (Å²) in [6.07, 6.45) is 4.38. The third kappa shape index (κ3) is 2.02.